The molecule has 29 heavy (non-hydrogen) atoms. The van der Waals surface area contributed by atoms with Crippen LogP contribution >= 0.6 is 11.6 Å². The van der Waals surface area contributed by atoms with Crippen LogP contribution < -0.4 is 5.32 Å². The standard InChI is InChI=1S/C24H20ClNO3/c25-21-13-10-18(11-14-21)12-15-24(28)29-17-23(27)26-22-9-5-4-8-20(22)16-19-6-2-1-3-7-19/h1-15H,16-17H2,(H,26,27)/b15-12+. The summed E-state index contributed by atoms with van der Waals surface area (Å²) in [5.74, 6) is -0.980. The van der Waals surface area contributed by atoms with E-state index in [9.17, 15) is 9.59 Å². The van der Waals surface area contributed by atoms with Gasteiger partial charge in [0.15, 0.2) is 6.61 Å². The minimum atomic E-state index is -0.590. The molecule has 0 spiro atoms. The maximum atomic E-state index is 12.2. The topological polar surface area (TPSA) is 55.4 Å². The lowest BCUT2D eigenvalue weighted by molar-refractivity contribution is -0.142. The smallest absolute Gasteiger partial charge is 0.331 e. The van der Waals surface area contributed by atoms with Crippen LogP contribution in [-0.2, 0) is 20.7 Å². The third kappa shape index (κ3) is 6.63. The highest BCUT2D eigenvalue weighted by molar-refractivity contribution is 6.30. The highest BCUT2D eigenvalue weighted by Crippen LogP contribution is 2.19. The Morgan fingerprint density at radius 3 is 2.34 bits per heavy atom. The van der Waals surface area contributed by atoms with Gasteiger partial charge >= 0.3 is 5.97 Å². The molecule has 3 aromatic rings. The minimum Gasteiger partial charge on any atom is -0.452 e. The maximum Gasteiger partial charge on any atom is 0.331 e. The van der Waals surface area contributed by atoms with E-state index in [1.807, 2.05) is 54.6 Å². The molecule has 1 amide bonds. The van der Waals surface area contributed by atoms with Crippen molar-refractivity contribution in [3.8, 4) is 0 Å². The zero-order valence-corrected chi connectivity index (χ0v) is 16.4. The van der Waals surface area contributed by atoms with Crippen LogP contribution in [0.1, 0.15) is 16.7 Å². The van der Waals surface area contributed by atoms with E-state index in [1.54, 1.807) is 30.3 Å². The van der Waals surface area contributed by atoms with E-state index in [0.717, 1.165) is 16.7 Å². The Balaban J connectivity index is 1.53. The number of anilines is 1. The molecule has 1 N–H and O–H groups in total. The predicted molar refractivity (Wildman–Crippen MR) is 116 cm³/mol. The Bertz CT molecular complexity index is 998. The van der Waals surface area contributed by atoms with Gasteiger partial charge in [-0.25, -0.2) is 4.79 Å². The van der Waals surface area contributed by atoms with E-state index in [4.69, 9.17) is 16.3 Å². The Morgan fingerprint density at radius 2 is 1.59 bits per heavy atom. The van der Waals surface area contributed by atoms with Gasteiger partial charge in [0.1, 0.15) is 0 Å². The number of esters is 1. The summed E-state index contributed by atoms with van der Waals surface area (Å²) < 4.78 is 5.02. The number of benzene rings is 3. The molecule has 0 saturated heterocycles. The van der Waals surface area contributed by atoms with Crippen LogP contribution in [-0.4, -0.2) is 18.5 Å². The van der Waals surface area contributed by atoms with Crippen molar-refractivity contribution in [3.63, 3.8) is 0 Å². The summed E-state index contributed by atoms with van der Waals surface area (Å²) in [5, 5.41) is 3.43. The number of amides is 1. The normalized spacial score (nSPS) is 10.7. The highest BCUT2D eigenvalue weighted by atomic mass is 35.5. The summed E-state index contributed by atoms with van der Waals surface area (Å²) in [5.41, 5.74) is 3.65. The summed E-state index contributed by atoms with van der Waals surface area (Å²) in [6, 6.07) is 24.6. The van der Waals surface area contributed by atoms with E-state index in [2.05, 4.69) is 5.32 Å². The van der Waals surface area contributed by atoms with Crippen molar-refractivity contribution in [2.45, 2.75) is 6.42 Å². The Hall–Kier alpha value is -3.37. The van der Waals surface area contributed by atoms with E-state index in [-0.39, 0.29) is 6.61 Å². The first-order valence-corrected chi connectivity index (χ1v) is 9.50. The Kier molecular flexibility index (Phi) is 7.20. The lowest BCUT2D eigenvalue weighted by atomic mass is 10.0. The Morgan fingerprint density at radius 1 is 0.897 bits per heavy atom. The Labute approximate surface area is 174 Å². The van der Waals surface area contributed by atoms with Crippen LogP contribution in [0.4, 0.5) is 5.69 Å². The third-order valence-corrected chi connectivity index (χ3v) is 4.41. The molecule has 0 heterocycles. The molecule has 0 aliphatic heterocycles. The average Bonchev–Trinajstić information content (AvgIpc) is 2.74. The van der Waals surface area contributed by atoms with Gasteiger partial charge in [-0.3, -0.25) is 4.79 Å². The van der Waals surface area contributed by atoms with Crippen LogP contribution in [0.15, 0.2) is 84.9 Å². The fraction of sp³-hybridized carbons (Fsp3) is 0.0833. The zero-order valence-electron chi connectivity index (χ0n) is 15.7. The lowest BCUT2D eigenvalue weighted by Gasteiger charge is -2.11. The van der Waals surface area contributed by atoms with Crippen molar-refractivity contribution < 1.29 is 14.3 Å². The molecule has 0 saturated carbocycles. The van der Waals surface area contributed by atoms with Crippen molar-refractivity contribution in [2.75, 3.05) is 11.9 Å². The van der Waals surface area contributed by atoms with Crippen molar-refractivity contribution in [1.82, 2.24) is 0 Å². The summed E-state index contributed by atoms with van der Waals surface area (Å²) in [6.07, 6.45) is 3.58. The molecule has 3 rings (SSSR count). The summed E-state index contributed by atoms with van der Waals surface area (Å²) in [4.78, 5) is 24.0. The minimum absolute atomic E-state index is 0.358. The molecule has 0 bridgehead atoms. The first-order chi connectivity index (χ1) is 14.1. The summed E-state index contributed by atoms with van der Waals surface area (Å²) >= 11 is 5.82. The fourth-order valence-electron chi connectivity index (χ4n) is 2.72. The molecule has 0 unspecified atom stereocenters. The number of carbonyl (C=O) groups is 2. The number of para-hydroxylation sites is 1. The van der Waals surface area contributed by atoms with E-state index in [1.165, 1.54) is 6.08 Å². The van der Waals surface area contributed by atoms with Gasteiger partial charge in [0.2, 0.25) is 0 Å². The second-order valence-electron chi connectivity index (χ2n) is 6.36. The highest BCUT2D eigenvalue weighted by Gasteiger charge is 2.09. The number of halogens is 1. The monoisotopic (exact) mass is 405 g/mol. The van der Waals surface area contributed by atoms with Crippen molar-refractivity contribution in [1.29, 1.82) is 0 Å². The van der Waals surface area contributed by atoms with E-state index < -0.39 is 11.9 Å². The largest absolute Gasteiger partial charge is 0.452 e. The number of rotatable bonds is 7. The average molecular weight is 406 g/mol. The van der Waals surface area contributed by atoms with Gasteiger partial charge in [-0.1, -0.05) is 72.3 Å². The number of hydrogen-bond acceptors (Lipinski definition) is 3. The molecule has 0 aliphatic carbocycles. The first-order valence-electron chi connectivity index (χ1n) is 9.12. The molecule has 5 heteroatoms. The molecule has 0 fully saturated rings. The maximum absolute atomic E-state index is 12.2. The van der Waals surface area contributed by atoms with Gasteiger partial charge in [-0.2, -0.15) is 0 Å². The molecule has 0 atom stereocenters. The number of ether oxygens (including phenoxy) is 1. The second-order valence-corrected chi connectivity index (χ2v) is 6.80. The first kappa shape index (κ1) is 20.4. The number of carbonyl (C=O) groups excluding carboxylic acids is 2. The molecule has 3 aromatic carbocycles. The quantitative estimate of drug-likeness (QED) is 0.438. The van der Waals surface area contributed by atoms with Crippen LogP contribution in [0.5, 0.6) is 0 Å². The van der Waals surface area contributed by atoms with Gasteiger partial charge in [0.05, 0.1) is 0 Å². The third-order valence-electron chi connectivity index (χ3n) is 4.16. The molecule has 4 nitrogen and oxygen atoms in total. The predicted octanol–water partition coefficient (Wildman–Crippen LogP) is 5.13. The van der Waals surface area contributed by atoms with Gasteiger partial charge < -0.3 is 10.1 Å². The van der Waals surface area contributed by atoms with Crippen LogP contribution in [0.25, 0.3) is 6.08 Å². The van der Waals surface area contributed by atoms with E-state index >= 15 is 0 Å². The number of nitrogens with one attached hydrogen (secondary N) is 1. The number of hydrogen-bond donors (Lipinski definition) is 1. The van der Waals surface area contributed by atoms with Crippen LogP contribution in [0.3, 0.4) is 0 Å². The van der Waals surface area contributed by atoms with Gasteiger partial charge in [-0.15, -0.1) is 0 Å². The molecular weight excluding hydrogens is 386 g/mol. The molecular formula is C24H20ClNO3. The summed E-state index contributed by atoms with van der Waals surface area (Å²) in [7, 11) is 0. The van der Waals surface area contributed by atoms with Crippen LogP contribution in [0, 0.1) is 0 Å². The second kappa shape index (κ2) is 10.2. The fourth-order valence-corrected chi connectivity index (χ4v) is 2.85. The van der Waals surface area contributed by atoms with Gasteiger partial charge in [0, 0.05) is 16.8 Å². The molecule has 146 valence electrons. The molecule has 0 aromatic heterocycles. The van der Waals surface area contributed by atoms with Crippen molar-refractivity contribution in [3.05, 3.63) is 107 Å². The van der Waals surface area contributed by atoms with Crippen molar-refractivity contribution >= 4 is 35.2 Å². The van der Waals surface area contributed by atoms with Gasteiger partial charge in [0.25, 0.3) is 5.91 Å². The lowest BCUT2D eigenvalue weighted by Crippen LogP contribution is -2.20. The summed E-state index contributed by atoms with van der Waals surface area (Å²) in [6.45, 7) is -0.358. The van der Waals surface area contributed by atoms with E-state index in [0.29, 0.717) is 17.1 Å². The van der Waals surface area contributed by atoms with Gasteiger partial charge in [-0.05, 0) is 47.4 Å². The van der Waals surface area contributed by atoms with Crippen LogP contribution in [0.2, 0.25) is 5.02 Å². The molecule has 0 aliphatic rings. The molecule has 0 radical (unpaired) electrons. The van der Waals surface area contributed by atoms with Crippen molar-refractivity contribution in [2.24, 2.45) is 0 Å². The zero-order chi connectivity index (χ0) is 20.5. The SMILES string of the molecule is O=C(COC(=O)/C=C/c1ccc(Cl)cc1)Nc1ccccc1Cc1ccccc1.